The molecule has 0 radical (unpaired) electrons. The fourth-order valence-corrected chi connectivity index (χ4v) is 3.68. The van der Waals surface area contributed by atoms with Crippen molar-refractivity contribution in [2.75, 3.05) is 26.8 Å². The Morgan fingerprint density at radius 1 is 1.32 bits per heavy atom. The molecule has 1 aliphatic rings. The third-order valence-electron chi connectivity index (χ3n) is 4.74. The number of ether oxygens (including phenoxy) is 2. The van der Waals surface area contributed by atoms with Crippen LogP contribution in [-0.4, -0.2) is 52.7 Å². The van der Waals surface area contributed by atoms with Crippen molar-refractivity contribution in [1.29, 1.82) is 0 Å². The van der Waals surface area contributed by atoms with Gasteiger partial charge in [-0.05, 0) is 38.4 Å². The first-order valence-corrected chi connectivity index (χ1v) is 8.77. The Labute approximate surface area is 149 Å². The summed E-state index contributed by atoms with van der Waals surface area (Å²) in [6.45, 7) is 3.85. The molecule has 25 heavy (non-hydrogen) atoms. The van der Waals surface area contributed by atoms with Crippen LogP contribution in [-0.2, 0) is 7.05 Å². The van der Waals surface area contributed by atoms with E-state index in [4.69, 9.17) is 9.47 Å². The summed E-state index contributed by atoms with van der Waals surface area (Å²) in [5.74, 6) is 1.59. The van der Waals surface area contributed by atoms with Crippen LogP contribution in [0.25, 0.3) is 0 Å². The van der Waals surface area contributed by atoms with Crippen LogP contribution in [0.5, 0.6) is 11.6 Å². The van der Waals surface area contributed by atoms with Crippen molar-refractivity contribution in [3.8, 4) is 11.6 Å². The van der Waals surface area contributed by atoms with Crippen molar-refractivity contribution in [1.82, 2.24) is 14.7 Å². The maximum atomic E-state index is 10.4. The van der Waals surface area contributed by atoms with E-state index in [1.54, 1.807) is 11.8 Å². The van der Waals surface area contributed by atoms with Crippen LogP contribution in [0.3, 0.4) is 0 Å². The molecule has 0 spiro atoms. The van der Waals surface area contributed by atoms with Crippen molar-refractivity contribution >= 4 is 0 Å². The average molecular weight is 345 g/mol. The molecule has 136 valence electrons. The minimum atomic E-state index is -0.538. The van der Waals surface area contributed by atoms with Gasteiger partial charge in [-0.25, -0.2) is 4.68 Å². The second kappa shape index (κ2) is 7.89. The van der Waals surface area contributed by atoms with Gasteiger partial charge in [-0.2, -0.15) is 5.10 Å². The average Bonchev–Trinajstić information content (AvgIpc) is 3.16. The molecule has 6 nitrogen and oxygen atoms in total. The zero-order valence-electron chi connectivity index (χ0n) is 15.2. The highest BCUT2D eigenvalue weighted by Gasteiger charge is 2.33. The molecule has 6 heteroatoms. The molecule has 0 amide bonds. The van der Waals surface area contributed by atoms with Crippen LogP contribution < -0.4 is 9.47 Å². The molecule has 2 aromatic rings. The first kappa shape index (κ1) is 17.8. The number of methoxy groups -OCH3 is 1. The summed E-state index contributed by atoms with van der Waals surface area (Å²) in [6, 6.07) is 9.83. The van der Waals surface area contributed by atoms with Crippen molar-refractivity contribution < 1.29 is 14.6 Å². The molecular weight excluding hydrogens is 318 g/mol. The fraction of sp³-hybridized carbons (Fsp3) is 0.526. The molecule has 0 bridgehead atoms. The largest absolute Gasteiger partial charge is 0.491 e. The Bertz CT molecular complexity index is 687. The number of β-amino-alcohol motifs (C(OH)–C–C–N with tert-alkyl or cyclic N) is 1. The van der Waals surface area contributed by atoms with Gasteiger partial charge in [-0.1, -0.05) is 18.2 Å². The Hall–Kier alpha value is -2.05. The molecule has 2 heterocycles. The molecule has 2 unspecified atom stereocenters. The standard InChI is InChI=1S/C19H27N3O3/c1-14-18(19(24-3)21(2)20-14)17-10-7-11-22(17)12-15(23)13-25-16-8-5-4-6-9-16/h4-6,8-9,15,17,23H,7,10-13H2,1-3H3. The summed E-state index contributed by atoms with van der Waals surface area (Å²) in [5, 5.41) is 14.9. The van der Waals surface area contributed by atoms with Crippen molar-refractivity contribution in [3.63, 3.8) is 0 Å². The van der Waals surface area contributed by atoms with Gasteiger partial charge in [0, 0.05) is 19.6 Å². The Morgan fingerprint density at radius 3 is 2.80 bits per heavy atom. The Kier molecular flexibility index (Phi) is 5.60. The summed E-state index contributed by atoms with van der Waals surface area (Å²) in [4.78, 5) is 2.31. The van der Waals surface area contributed by atoms with Gasteiger partial charge in [0.2, 0.25) is 5.88 Å². The summed E-state index contributed by atoms with van der Waals surface area (Å²) >= 11 is 0. The minimum absolute atomic E-state index is 0.232. The smallest absolute Gasteiger partial charge is 0.216 e. The Balaban J connectivity index is 1.64. The number of hydrogen-bond donors (Lipinski definition) is 1. The SMILES string of the molecule is COc1c(C2CCCN2CC(O)COc2ccccc2)c(C)nn1C. The molecular formula is C19H27N3O3. The van der Waals surface area contributed by atoms with Gasteiger partial charge >= 0.3 is 0 Å². The van der Waals surface area contributed by atoms with Gasteiger partial charge in [0.05, 0.1) is 18.4 Å². The highest BCUT2D eigenvalue weighted by molar-refractivity contribution is 5.35. The Morgan fingerprint density at radius 2 is 2.08 bits per heavy atom. The van der Waals surface area contributed by atoms with Gasteiger partial charge < -0.3 is 14.6 Å². The first-order chi connectivity index (χ1) is 12.1. The van der Waals surface area contributed by atoms with Gasteiger partial charge in [0.25, 0.3) is 0 Å². The number of aromatic nitrogens is 2. The molecule has 0 saturated carbocycles. The third-order valence-corrected chi connectivity index (χ3v) is 4.74. The molecule has 1 saturated heterocycles. The van der Waals surface area contributed by atoms with E-state index in [1.807, 2.05) is 44.3 Å². The molecule has 2 atom stereocenters. The number of nitrogens with zero attached hydrogens (tertiary/aromatic N) is 3. The lowest BCUT2D eigenvalue weighted by atomic mass is 10.0. The third kappa shape index (κ3) is 3.96. The summed E-state index contributed by atoms with van der Waals surface area (Å²) in [7, 11) is 3.58. The molecule has 1 aliphatic heterocycles. The highest BCUT2D eigenvalue weighted by atomic mass is 16.5. The van der Waals surface area contributed by atoms with Crippen molar-refractivity contribution in [3.05, 3.63) is 41.6 Å². The van der Waals surface area contributed by atoms with E-state index in [-0.39, 0.29) is 12.6 Å². The monoisotopic (exact) mass is 345 g/mol. The number of para-hydroxylation sites is 1. The van der Waals surface area contributed by atoms with Gasteiger partial charge in [0.1, 0.15) is 18.5 Å². The topological polar surface area (TPSA) is 59.8 Å². The van der Waals surface area contributed by atoms with Gasteiger partial charge in [0.15, 0.2) is 0 Å². The van der Waals surface area contributed by atoms with E-state index in [1.165, 1.54) is 0 Å². The van der Waals surface area contributed by atoms with E-state index in [9.17, 15) is 5.11 Å². The highest BCUT2D eigenvalue weighted by Crippen LogP contribution is 2.38. The summed E-state index contributed by atoms with van der Waals surface area (Å²) < 4.78 is 13.0. The van der Waals surface area contributed by atoms with Crippen molar-refractivity contribution in [2.24, 2.45) is 7.05 Å². The molecule has 1 aromatic heterocycles. The summed E-state index contributed by atoms with van der Waals surface area (Å²) in [6.07, 6.45) is 1.62. The number of benzene rings is 1. The second-order valence-electron chi connectivity index (χ2n) is 6.56. The second-order valence-corrected chi connectivity index (χ2v) is 6.56. The lowest BCUT2D eigenvalue weighted by Gasteiger charge is -2.27. The van der Waals surface area contributed by atoms with Gasteiger partial charge in [-0.15, -0.1) is 0 Å². The summed E-state index contributed by atoms with van der Waals surface area (Å²) in [5.41, 5.74) is 2.13. The number of rotatable bonds is 7. The van der Waals surface area contributed by atoms with E-state index in [0.717, 1.165) is 42.3 Å². The molecule has 0 aliphatic carbocycles. The number of aryl methyl sites for hydroxylation is 2. The molecule has 3 rings (SSSR count). The van der Waals surface area contributed by atoms with Crippen LogP contribution in [0.2, 0.25) is 0 Å². The van der Waals surface area contributed by atoms with Crippen LogP contribution >= 0.6 is 0 Å². The zero-order valence-corrected chi connectivity index (χ0v) is 15.2. The molecule has 1 aromatic carbocycles. The quantitative estimate of drug-likeness (QED) is 0.834. The van der Waals surface area contributed by atoms with Crippen LogP contribution in [0.1, 0.15) is 30.1 Å². The predicted molar refractivity (Wildman–Crippen MR) is 96.0 cm³/mol. The van der Waals surface area contributed by atoms with E-state index >= 15 is 0 Å². The number of aliphatic hydroxyl groups is 1. The van der Waals surface area contributed by atoms with E-state index < -0.39 is 6.10 Å². The number of likely N-dealkylation sites (tertiary alicyclic amines) is 1. The molecule has 1 N–H and O–H groups in total. The van der Waals surface area contributed by atoms with Crippen molar-refractivity contribution in [2.45, 2.75) is 31.9 Å². The van der Waals surface area contributed by atoms with E-state index in [0.29, 0.717) is 6.54 Å². The first-order valence-electron chi connectivity index (χ1n) is 8.77. The van der Waals surface area contributed by atoms with E-state index in [2.05, 4.69) is 10.00 Å². The lowest BCUT2D eigenvalue weighted by molar-refractivity contribution is 0.0634. The zero-order chi connectivity index (χ0) is 17.8. The van der Waals surface area contributed by atoms with Crippen LogP contribution in [0.4, 0.5) is 0 Å². The molecule has 1 fully saturated rings. The van der Waals surface area contributed by atoms with Crippen LogP contribution in [0.15, 0.2) is 30.3 Å². The number of hydrogen-bond acceptors (Lipinski definition) is 5. The maximum Gasteiger partial charge on any atom is 0.216 e. The van der Waals surface area contributed by atoms with Crippen LogP contribution in [0, 0.1) is 6.92 Å². The fourth-order valence-electron chi connectivity index (χ4n) is 3.68. The number of aliphatic hydroxyl groups excluding tert-OH is 1. The predicted octanol–water partition coefficient (Wildman–Crippen LogP) is 2.31. The lowest BCUT2D eigenvalue weighted by Crippen LogP contribution is -2.35. The maximum absolute atomic E-state index is 10.4. The normalized spacial score (nSPS) is 19.1. The minimum Gasteiger partial charge on any atom is -0.491 e. The van der Waals surface area contributed by atoms with Gasteiger partial charge in [-0.3, -0.25) is 4.90 Å².